The number of nitrogens with two attached hydrogens (primary N) is 1. The Morgan fingerprint density at radius 3 is 2.32 bits per heavy atom. The van der Waals surface area contributed by atoms with E-state index in [1.807, 2.05) is 0 Å². The summed E-state index contributed by atoms with van der Waals surface area (Å²) >= 11 is 0. The second-order valence-electron chi connectivity index (χ2n) is 10.7. The maximum absolute atomic E-state index is 13.9. The molecule has 2 saturated carbocycles. The van der Waals surface area contributed by atoms with Crippen LogP contribution in [0.5, 0.6) is 5.75 Å². The molecule has 0 saturated heterocycles. The average Bonchev–Trinajstić information content (AvgIpc) is 2.84. The maximum atomic E-state index is 13.9. The van der Waals surface area contributed by atoms with Crippen LogP contribution in [0.15, 0.2) is 29.0 Å². The van der Waals surface area contributed by atoms with E-state index in [2.05, 4.69) is 0 Å². The number of fused-ring (bicyclic) bond motifs is 3. The van der Waals surface area contributed by atoms with Gasteiger partial charge in [0.25, 0.3) is 5.91 Å². The summed E-state index contributed by atoms with van der Waals surface area (Å²) in [6.45, 7) is 0. The van der Waals surface area contributed by atoms with Gasteiger partial charge in [-0.3, -0.25) is 19.3 Å². The molecular weight excluding hydrogens is 480 g/mol. The Labute approximate surface area is 213 Å². The fourth-order valence-corrected chi connectivity index (χ4v) is 6.77. The van der Waals surface area contributed by atoms with Crippen LogP contribution in [0.3, 0.4) is 0 Å². The van der Waals surface area contributed by atoms with E-state index in [9.17, 15) is 39.9 Å². The van der Waals surface area contributed by atoms with Gasteiger partial charge in [0.15, 0.2) is 11.4 Å². The van der Waals surface area contributed by atoms with Crippen molar-refractivity contribution in [3.63, 3.8) is 0 Å². The highest BCUT2D eigenvalue weighted by atomic mass is 16.4. The van der Waals surface area contributed by atoms with Crippen molar-refractivity contribution >= 4 is 23.2 Å². The highest BCUT2D eigenvalue weighted by molar-refractivity contribution is 6.24. The van der Waals surface area contributed by atoms with Gasteiger partial charge in [-0.2, -0.15) is 0 Å². The van der Waals surface area contributed by atoms with Gasteiger partial charge in [-0.15, -0.1) is 0 Å². The minimum Gasteiger partial charge on any atom is -0.508 e. The first kappa shape index (κ1) is 25.4. The molecule has 7 N–H and O–H groups in total. The van der Waals surface area contributed by atoms with Gasteiger partial charge < -0.3 is 31.3 Å². The molecule has 10 heteroatoms. The first-order valence-electron chi connectivity index (χ1n) is 12.5. The van der Waals surface area contributed by atoms with Crippen LogP contribution in [0.25, 0.3) is 5.76 Å². The summed E-state index contributed by atoms with van der Waals surface area (Å²) in [4.78, 5) is 40.4. The molecule has 1 amide bonds. The number of carbonyl (C=O) groups excluding carboxylic acids is 3. The lowest BCUT2D eigenvalue weighted by atomic mass is 9.56. The van der Waals surface area contributed by atoms with Gasteiger partial charge in [-0.25, -0.2) is 0 Å². The maximum Gasteiger partial charge on any atom is 0.255 e. The van der Waals surface area contributed by atoms with Gasteiger partial charge in [-0.1, -0.05) is 31.4 Å². The Bertz CT molecular complexity index is 1280. The van der Waals surface area contributed by atoms with Crippen LogP contribution in [-0.2, 0) is 14.4 Å². The first-order valence-corrected chi connectivity index (χ1v) is 12.5. The number of rotatable bonds is 3. The summed E-state index contributed by atoms with van der Waals surface area (Å²) in [5.41, 5.74) is 2.10. The third-order valence-corrected chi connectivity index (χ3v) is 8.54. The number of amides is 1. The second-order valence-corrected chi connectivity index (χ2v) is 10.7. The molecule has 1 aromatic rings. The molecule has 37 heavy (non-hydrogen) atoms. The van der Waals surface area contributed by atoms with E-state index < -0.39 is 69.7 Å². The quantitative estimate of drug-likeness (QED) is 0.322. The molecule has 197 valence electrons. The number of primary amides is 1. The number of aliphatic hydroxyl groups is 4. The van der Waals surface area contributed by atoms with Crippen molar-refractivity contribution in [2.75, 3.05) is 14.1 Å². The van der Waals surface area contributed by atoms with Crippen molar-refractivity contribution in [2.45, 2.75) is 55.8 Å². The van der Waals surface area contributed by atoms with E-state index in [0.29, 0.717) is 11.1 Å². The lowest BCUT2D eigenvalue weighted by Gasteiger charge is -2.52. The largest absolute Gasteiger partial charge is 0.508 e. The van der Waals surface area contributed by atoms with Crippen molar-refractivity contribution in [2.24, 2.45) is 17.6 Å². The molecule has 0 heterocycles. The predicted molar refractivity (Wildman–Crippen MR) is 131 cm³/mol. The normalized spacial score (nSPS) is 32.4. The van der Waals surface area contributed by atoms with E-state index in [1.165, 1.54) is 25.4 Å². The van der Waals surface area contributed by atoms with Crippen molar-refractivity contribution in [3.05, 3.63) is 52.1 Å². The summed E-state index contributed by atoms with van der Waals surface area (Å²) in [6.07, 6.45) is 4.79. The van der Waals surface area contributed by atoms with Crippen LogP contribution in [0.4, 0.5) is 0 Å². The summed E-state index contributed by atoms with van der Waals surface area (Å²) in [5, 5.41) is 56.5. The molecule has 0 bridgehead atoms. The topological polar surface area (TPSA) is 182 Å². The number of hydrogen-bond acceptors (Lipinski definition) is 9. The van der Waals surface area contributed by atoms with E-state index >= 15 is 0 Å². The SMILES string of the molecule is CN(C)[C@H]1C(=O)C(C(N)=O)=C(O)[C@]2(O)C(=O)C3=C(O)c4c(ccc(C5CCCCC5)c4O)[CH][C@@H]3[C@@H](O)[C@H]12. The highest BCUT2D eigenvalue weighted by Gasteiger charge is 2.67. The van der Waals surface area contributed by atoms with Crippen LogP contribution in [-0.4, -0.2) is 79.7 Å². The van der Waals surface area contributed by atoms with Crippen LogP contribution in [0.1, 0.15) is 54.7 Å². The van der Waals surface area contributed by atoms with Gasteiger partial charge >= 0.3 is 0 Å². The Hall–Kier alpha value is -3.21. The minimum atomic E-state index is -2.91. The molecule has 0 spiro atoms. The van der Waals surface area contributed by atoms with E-state index in [0.717, 1.165) is 32.1 Å². The predicted octanol–water partition coefficient (Wildman–Crippen LogP) is 0.992. The van der Waals surface area contributed by atoms with E-state index in [-0.39, 0.29) is 17.2 Å². The fraction of sp³-hybridized carbons (Fsp3) is 0.481. The summed E-state index contributed by atoms with van der Waals surface area (Å²) < 4.78 is 0. The molecule has 10 nitrogen and oxygen atoms in total. The van der Waals surface area contributed by atoms with E-state index in [4.69, 9.17) is 5.73 Å². The van der Waals surface area contributed by atoms with E-state index in [1.54, 1.807) is 12.1 Å². The van der Waals surface area contributed by atoms with Gasteiger partial charge in [-0.05, 0) is 44.0 Å². The highest BCUT2D eigenvalue weighted by Crippen LogP contribution is 2.54. The van der Waals surface area contributed by atoms with Crippen LogP contribution in [0.2, 0.25) is 0 Å². The number of benzene rings is 1. The van der Waals surface area contributed by atoms with Crippen molar-refractivity contribution in [3.8, 4) is 5.75 Å². The minimum absolute atomic E-state index is 0.00608. The average molecular weight is 512 g/mol. The van der Waals surface area contributed by atoms with Gasteiger partial charge in [0.1, 0.15) is 22.8 Å². The molecule has 4 aliphatic rings. The van der Waals surface area contributed by atoms with Crippen molar-refractivity contribution in [1.29, 1.82) is 0 Å². The Morgan fingerprint density at radius 2 is 1.73 bits per heavy atom. The van der Waals surface area contributed by atoms with Gasteiger partial charge in [0.05, 0.1) is 23.6 Å². The van der Waals surface area contributed by atoms with Gasteiger partial charge in [0.2, 0.25) is 5.78 Å². The molecule has 1 aromatic carbocycles. The van der Waals surface area contributed by atoms with Crippen LogP contribution in [0, 0.1) is 18.3 Å². The first-order chi connectivity index (χ1) is 17.4. The molecule has 1 radical (unpaired) electrons. The molecule has 2 fully saturated rings. The van der Waals surface area contributed by atoms with Crippen molar-refractivity contribution < 1.29 is 39.9 Å². The van der Waals surface area contributed by atoms with Gasteiger partial charge in [0, 0.05) is 17.9 Å². The number of aromatic hydroxyl groups is 1. The van der Waals surface area contributed by atoms with Crippen molar-refractivity contribution in [1.82, 2.24) is 4.90 Å². The smallest absolute Gasteiger partial charge is 0.255 e. The summed E-state index contributed by atoms with van der Waals surface area (Å²) in [6, 6.07) is 2.12. The number of ketones is 2. The standard InChI is InChI=1S/C27H31N2O8/c1-29(2)19-18-21(31)14-10-12-8-9-13(11-6-4-3-5-7-11)20(30)15(12)22(32)16(14)24(34)27(18,37)25(35)17(23(19)33)26(28)36/h8-11,14,18-19,21,30-32,35,37H,3-7H2,1-2H3,(H2,28,36)/t14-,18-,19+,21+,27+/m0/s1. The lowest BCUT2D eigenvalue weighted by molar-refractivity contribution is -0.167. The molecule has 0 aromatic heterocycles. The zero-order valence-electron chi connectivity index (χ0n) is 20.6. The Balaban J connectivity index is 1.71. The molecule has 5 atom stereocenters. The number of phenols is 1. The fourth-order valence-electron chi connectivity index (χ4n) is 6.77. The molecule has 0 unspecified atom stereocenters. The molecule has 4 aliphatic carbocycles. The monoisotopic (exact) mass is 511 g/mol. The summed E-state index contributed by atoms with van der Waals surface area (Å²) in [7, 11) is 2.93. The third kappa shape index (κ3) is 3.39. The molecular formula is C27H31N2O8. The molecule has 5 rings (SSSR count). The molecule has 0 aliphatic heterocycles. The van der Waals surface area contributed by atoms with Crippen LogP contribution < -0.4 is 5.73 Å². The third-order valence-electron chi connectivity index (χ3n) is 8.54. The Morgan fingerprint density at radius 1 is 1.08 bits per heavy atom. The zero-order chi connectivity index (χ0) is 27.0. The number of carbonyl (C=O) groups is 3. The number of phenolic OH excluding ortho intramolecular Hbond substituents is 1. The lowest BCUT2D eigenvalue weighted by Crippen LogP contribution is -2.70. The summed E-state index contributed by atoms with van der Waals surface area (Å²) in [5.74, 6) is -8.12. The number of aliphatic hydroxyl groups excluding tert-OH is 3. The van der Waals surface area contributed by atoms with Crippen LogP contribution >= 0.6 is 0 Å². The number of nitrogens with zero attached hydrogens (tertiary/aromatic N) is 1. The zero-order valence-corrected chi connectivity index (χ0v) is 20.6. The second kappa shape index (κ2) is 8.68. The number of hydrogen-bond donors (Lipinski definition) is 6. The number of Topliss-reactive ketones (excluding diaryl/α,β-unsaturated/α-hetero) is 2. The Kier molecular flexibility index (Phi) is 5.97. The number of likely N-dealkylation sites (N-methyl/N-ethyl adjacent to an activating group) is 1.